The topological polar surface area (TPSA) is 127 Å². The molecule has 206 valence electrons. The number of carbonyl (C=O) groups is 1. The van der Waals surface area contributed by atoms with E-state index in [1.54, 1.807) is 0 Å². The fraction of sp³-hybridized carbons (Fsp3) is 0.400. The van der Waals surface area contributed by atoms with Gasteiger partial charge in [-0.05, 0) is 55.9 Å². The van der Waals surface area contributed by atoms with Gasteiger partial charge in [-0.2, -0.15) is 10.1 Å². The average molecular weight is 539 g/mol. The number of fused-ring (bicyclic) bond motifs is 2. The third-order valence-electron chi connectivity index (χ3n) is 7.75. The van der Waals surface area contributed by atoms with Crippen LogP contribution >= 0.6 is 0 Å². The Hall–Kier alpha value is -4.34. The highest BCUT2D eigenvalue weighted by molar-refractivity contribution is 5.92. The zero-order valence-electron chi connectivity index (χ0n) is 23.8. The molecule has 0 saturated heterocycles. The summed E-state index contributed by atoms with van der Waals surface area (Å²) in [7, 11) is 1.94. The van der Waals surface area contributed by atoms with Crippen LogP contribution in [0.2, 0.25) is 0 Å². The van der Waals surface area contributed by atoms with Crippen molar-refractivity contribution in [1.29, 1.82) is 0 Å². The number of benzene rings is 1. The number of rotatable bonds is 4. The summed E-state index contributed by atoms with van der Waals surface area (Å²) in [4.78, 5) is 30.3. The quantitative estimate of drug-likeness (QED) is 0.288. The predicted octanol–water partition coefficient (Wildman–Crippen LogP) is 5.52. The molecule has 0 bridgehead atoms. The van der Waals surface area contributed by atoms with Crippen molar-refractivity contribution in [3.05, 3.63) is 64.7 Å². The van der Waals surface area contributed by atoms with Crippen LogP contribution in [-0.2, 0) is 18.9 Å². The number of carbonyl (C=O) groups excluding carboxylic acids is 1. The Morgan fingerprint density at radius 2 is 1.98 bits per heavy atom. The van der Waals surface area contributed by atoms with Crippen molar-refractivity contribution < 1.29 is 9.32 Å². The summed E-state index contributed by atoms with van der Waals surface area (Å²) in [6.45, 7) is 9.99. The number of H-pyrrole nitrogens is 1. The maximum absolute atomic E-state index is 13.0. The van der Waals surface area contributed by atoms with E-state index in [1.807, 2.05) is 58.6 Å². The van der Waals surface area contributed by atoms with Crippen LogP contribution in [0.3, 0.4) is 0 Å². The zero-order valence-corrected chi connectivity index (χ0v) is 23.8. The van der Waals surface area contributed by atoms with Crippen LogP contribution in [0.15, 0.2) is 35.0 Å². The molecular weight excluding hydrogens is 504 g/mol. The molecule has 10 nitrogen and oxygen atoms in total. The molecule has 4 heterocycles. The molecule has 0 spiro atoms. The largest absolute Gasteiger partial charge is 0.341 e. The van der Waals surface area contributed by atoms with Gasteiger partial charge in [0.25, 0.3) is 0 Å². The molecule has 4 aromatic heterocycles. The van der Waals surface area contributed by atoms with Gasteiger partial charge in [-0.15, -0.1) is 0 Å². The number of pyridine rings is 1. The highest BCUT2D eigenvalue weighted by atomic mass is 16.5. The molecule has 0 saturated carbocycles. The van der Waals surface area contributed by atoms with Gasteiger partial charge in [-0.25, -0.2) is 9.97 Å². The zero-order chi connectivity index (χ0) is 28.2. The van der Waals surface area contributed by atoms with Crippen LogP contribution in [0.25, 0.3) is 33.7 Å². The van der Waals surface area contributed by atoms with Crippen molar-refractivity contribution in [3.63, 3.8) is 0 Å². The molecule has 1 amide bonds. The third kappa shape index (κ3) is 4.57. The monoisotopic (exact) mass is 538 g/mol. The van der Waals surface area contributed by atoms with Gasteiger partial charge in [0.1, 0.15) is 11.3 Å². The van der Waals surface area contributed by atoms with Crippen molar-refractivity contribution in [2.75, 3.05) is 0 Å². The first kappa shape index (κ1) is 25.9. The number of hydrogen-bond donors (Lipinski definition) is 2. The number of nitrogens with one attached hydrogen (secondary N) is 2. The van der Waals surface area contributed by atoms with E-state index in [1.165, 1.54) is 5.56 Å². The molecule has 6 rings (SSSR count). The number of aromatic amines is 1. The summed E-state index contributed by atoms with van der Waals surface area (Å²) in [5.74, 6) is 0.944. The molecular formula is C30H34N8O2. The number of aromatic nitrogens is 7. The molecule has 0 unspecified atom stereocenters. The first-order chi connectivity index (χ1) is 19.1. The average Bonchev–Trinajstić information content (AvgIpc) is 3.59. The molecule has 5 aromatic rings. The fourth-order valence-corrected chi connectivity index (χ4v) is 5.52. The molecule has 1 aromatic carbocycles. The van der Waals surface area contributed by atoms with Crippen LogP contribution < -0.4 is 5.32 Å². The molecule has 0 aliphatic heterocycles. The Labute approximate surface area is 232 Å². The van der Waals surface area contributed by atoms with Gasteiger partial charge in [0, 0.05) is 29.9 Å². The minimum absolute atomic E-state index is 0.0000502. The lowest BCUT2D eigenvalue weighted by Crippen LogP contribution is -2.29. The minimum atomic E-state index is -0.342. The summed E-state index contributed by atoms with van der Waals surface area (Å²) in [5.41, 5.74) is 8.68. The highest BCUT2D eigenvalue weighted by Gasteiger charge is 2.27. The van der Waals surface area contributed by atoms with E-state index in [0.29, 0.717) is 5.82 Å². The van der Waals surface area contributed by atoms with Crippen molar-refractivity contribution in [3.8, 4) is 22.5 Å². The standard InChI is InChI=1S/C30H34N8O2/c1-16-23(17(2)38(6)36-16)25-33-24-21(13-14-31-26(24)34-25)19-11-12-20-18(15-19)9-7-8-10-22(20)32-27(39)28-35-29(37-40-28)30(3,4)5/h11-15,22H,7-10H2,1-6H3,(H,32,39)(H,31,33,34)/t22-/m1/s1. The Morgan fingerprint density at radius 3 is 2.70 bits per heavy atom. The van der Waals surface area contributed by atoms with E-state index in [2.05, 4.69) is 48.7 Å². The number of nitrogens with zero attached hydrogens (tertiary/aromatic N) is 6. The molecule has 0 radical (unpaired) electrons. The van der Waals surface area contributed by atoms with E-state index in [0.717, 1.165) is 76.3 Å². The van der Waals surface area contributed by atoms with Crippen molar-refractivity contribution >= 4 is 17.1 Å². The second-order valence-corrected chi connectivity index (χ2v) is 11.7. The molecule has 1 aliphatic rings. The van der Waals surface area contributed by atoms with Crippen molar-refractivity contribution in [2.24, 2.45) is 7.05 Å². The number of aryl methyl sites for hydroxylation is 3. The van der Waals surface area contributed by atoms with Gasteiger partial charge in [0.15, 0.2) is 11.5 Å². The van der Waals surface area contributed by atoms with E-state index in [-0.39, 0.29) is 23.3 Å². The predicted molar refractivity (Wildman–Crippen MR) is 152 cm³/mol. The normalized spacial score (nSPS) is 15.7. The van der Waals surface area contributed by atoms with E-state index in [9.17, 15) is 4.79 Å². The van der Waals surface area contributed by atoms with Crippen molar-refractivity contribution in [2.45, 2.75) is 71.8 Å². The van der Waals surface area contributed by atoms with Gasteiger partial charge in [-0.3, -0.25) is 9.48 Å². The Kier molecular flexibility index (Phi) is 6.28. The maximum atomic E-state index is 13.0. The number of hydrogen-bond acceptors (Lipinski definition) is 7. The second kappa shape index (κ2) is 9.69. The van der Waals surface area contributed by atoms with Crippen LogP contribution in [0.5, 0.6) is 0 Å². The maximum Gasteiger partial charge on any atom is 0.315 e. The van der Waals surface area contributed by atoms with Gasteiger partial charge in [-0.1, -0.05) is 50.5 Å². The van der Waals surface area contributed by atoms with Crippen LogP contribution in [-0.4, -0.2) is 40.8 Å². The van der Waals surface area contributed by atoms with Crippen molar-refractivity contribution in [1.82, 2.24) is 40.2 Å². The molecule has 1 atom stereocenters. The lowest BCUT2D eigenvalue weighted by Gasteiger charge is -2.19. The van der Waals surface area contributed by atoms with Crippen LogP contribution in [0.1, 0.15) is 85.1 Å². The Balaban J connectivity index is 1.32. The van der Waals surface area contributed by atoms with Crippen LogP contribution in [0, 0.1) is 13.8 Å². The molecule has 10 heteroatoms. The SMILES string of the molecule is Cc1nn(C)c(C)c1-c1nc2c(-c3ccc4c(c3)CCCC[C@H]4NC(=O)c3nc(C(C)(C)C)no3)ccnc2[nH]1. The fourth-order valence-electron chi connectivity index (χ4n) is 5.52. The smallest absolute Gasteiger partial charge is 0.315 e. The highest BCUT2D eigenvalue weighted by Crippen LogP contribution is 2.35. The Morgan fingerprint density at radius 1 is 1.15 bits per heavy atom. The lowest BCUT2D eigenvalue weighted by atomic mass is 9.94. The Bertz CT molecular complexity index is 1740. The first-order valence-corrected chi connectivity index (χ1v) is 13.7. The van der Waals surface area contributed by atoms with Gasteiger partial charge in [0.05, 0.1) is 17.3 Å². The number of amides is 1. The van der Waals surface area contributed by atoms with Gasteiger partial charge in [0.2, 0.25) is 0 Å². The molecule has 40 heavy (non-hydrogen) atoms. The van der Waals surface area contributed by atoms with Gasteiger partial charge < -0.3 is 14.8 Å². The minimum Gasteiger partial charge on any atom is -0.341 e. The van der Waals surface area contributed by atoms with Gasteiger partial charge >= 0.3 is 11.8 Å². The van der Waals surface area contributed by atoms with E-state index >= 15 is 0 Å². The van der Waals surface area contributed by atoms with E-state index < -0.39 is 0 Å². The number of imidazole rings is 1. The molecule has 0 fully saturated rings. The van der Waals surface area contributed by atoms with Crippen LogP contribution in [0.4, 0.5) is 0 Å². The summed E-state index contributed by atoms with van der Waals surface area (Å²) in [6, 6.07) is 8.35. The molecule has 1 aliphatic carbocycles. The summed E-state index contributed by atoms with van der Waals surface area (Å²) >= 11 is 0. The summed E-state index contributed by atoms with van der Waals surface area (Å²) in [5, 5.41) is 11.7. The second-order valence-electron chi connectivity index (χ2n) is 11.7. The molecule has 2 N–H and O–H groups in total. The van der Waals surface area contributed by atoms with E-state index in [4.69, 9.17) is 9.51 Å². The first-order valence-electron chi connectivity index (χ1n) is 13.7. The lowest BCUT2D eigenvalue weighted by molar-refractivity contribution is 0.0890. The third-order valence-corrected chi connectivity index (χ3v) is 7.75. The summed E-state index contributed by atoms with van der Waals surface area (Å²) in [6.07, 6.45) is 5.67. The summed E-state index contributed by atoms with van der Waals surface area (Å²) < 4.78 is 7.16.